The maximum absolute atomic E-state index is 12.0. The lowest BCUT2D eigenvalue weighted by molar-refractivity contribution is -0.123. The first-order chi connectivity index (χ1) is 12.4. The highest BCUT2D eigenvalue weighted by Crippen LogP contribution is 2.27. The average molecular weight is 452 g/mol. The summed E-state index contributed by atoms with van der Waals surface area (Å²) in [6, 6.07) is 12.7. The van der Waals surface area contributed by atoms with Crippen molar-refractivity contribution in [3.8, 4) is 5.75 Å². The van der Waals surface area contributed by atoms with Crippen LogP contribution in [0, 0.1) is 0 Å². The van der Waals surface area contributed by atoms with Crippen molar-refractivity contribution in [2.75, 3.05) is 0 Å². The van der Waals surface area contributed by atoms with Gasteiger partial charge in [-0.25, -0.2) is 0 Å². The molecule has 0 radical (unpaired) electrons. The molecular weight excluding hydrogens is 440 g/mol. The van der Waals surface area contributed by atoms with E-state index < -0.39 is 11.8 Å². The molecule has 132 valence electrons. The quantitative estimate of drug-likeness (QED) is 0.423. The van der Waals surface area contributed by atoms with Gasteiger partial charge in [-0.2, -0.15) is 0 Å². The summed E-state index contributed by atoms with van der Waals surface area (Å²) in [6.45, 7) is 0.327. The van der Waals surface area contributed by atoms with Gasteiger partial charge in [0.05, 0.1) is 0 Å². The van der Waals surface area contributed by atoms with Crippen LogP contribution < -0.4 is 15.4 Å². The van der Waals surface area contributed by atoms with E-state index in [1.54, 1.807) is 18.2 Å². The fourth-order valence-corrected chi connectivity index (χ4v) is 2.90. The van der Waals surface area contributed by atoms with Gasteiger partial charge in [0.15, 0.2) is 5.11 Å². The third-order valence-corrected chi connectivity index (χ3v) is 4.49. The number of ether oxygens (including phenoxy) is 1. The van der Waals surface area contributed by atoms with Crippen LogP contribution in [0.4, 0.5) is 0 Å². The molecule has 0 spiro atoms. The number of hydrogen-bond donors (Lipinski definition) is 2. The van der Waals surface area contributed by atoms with Crippen LogP contribution in [0.15, 0.2) is 52.5 Å². The van der Waals surface area contributed by atoms with E-state index in [1.165, 1.54) is 6.08 Å². The highest BCUT2D eigenvalue weighted by Gasteiger charge is 2.26. The number of thiocarbonyl (C=S) groups is 1. The number of benzene rings is 2. The highest BCUT2D eigenvalue weighted by molar-refractivity contribution is 9.10. The number of carbonyl (C=O) groups is 2. The second kappa shape index (κ2) is 7.99. The summed E-state index contributed by atoms with van der Waals surface area (Å²) in [5.74, 6) is -0.645. The van der Waals surface area contributed by atoms with Crippen LogP contribution in [0.3, 0.4) is 0 Å². The van der Waals surface area contributed by atoms with E-state index in [9.17, 15) is 9.59 Å². The lowest BCUT2D eigenvalue weighted by Crippen LogP contribution is -2.51. The van der Waals surface area contributed by atoms with Gasteiger partial charge in [-0.3, -0.25) is 20.2 Å². The Kier molecular flexibility index (Phi) is 5.70. The Bertz CT molecular complexity index is 907. The van der Waals surface area contributed by atoms with E-state index in [0.29, 0.717) is 22.9 Å². The van der Waals surface area contributed by atoms with Crippen LogP contribution in [0.1, 0.15) is 11.1 Å². The molecule has 2 aromatic carbocycles. The minimum absolute atomic E-state index is 0.0186. The molecule has 0 bridgehead atoms. The van der Waals surface area contributed by atoms with Crippen molar-refractivity contribution in [2.24, 2.45) is 0 Å². The first kappa shape index (κ1) is 18.6. The minimum Gasteiger partial charge on any atom is -0.488 e. The number of hydrogen-bond acceptors (Lipinski definition) is 4. The molecule has 0 atom stereocenters. The molecule has 1 fully saturated rings. The molecule has 2 aromatic rings. The lowest BCUT2D eigenvalue weighted by Gasteiger charge is -2.17. The first-order valence-electron chi connectivity index (χ1n) is 7.47. The molecule has 1 aliphatic rings. The lowest BCUT2D eigenvalue weighted by atomic mass is 10.1. The normalized spacial score (nSPS) is 13.9. The maximum Gasteiger partial charge on any atom is 0.263 e. The number of rotatable bonds is 4. The topological polar surface area (TPSA) is 67.4 Å². The Hall–Kier alpha value is -2.22. The monoisotopic (exact) mass is 450 g/mol. The van der Waals surface area contributed by atoms with Crippen molar-refractivity contribution in [1.29, 1.82) is 0 Å². The summed E-state index contributed by atoms with van der Waals surface area (Å²) in [4.78, 5) is 24.0. The van der Waals surface area contributed by atoms with Gasteiger partial charge in [-0.15, -0.1) is 0 Å². The predicted octanol–water partition coefficient (Wildman–Crippen LogP) is 3.60. The minimum atomic E-state index is -0.572. The molecule has 0 saturated carbocycles. The van der Waals surface area contributed by atoms with E-state index >= 15 is 0 Å². The zero-order valence-electron chi connectivity index (χ0n) is 13.2. The highest BCUT2D eigenvalue weighted by atomic mass is 79.9. The van der Waals surface area contributed by atoms with E-state index in [2.05, 4.69) is 26.6 Å². The molecular formula is C18H12BrClN2O3S. The summed E-state index contributed by atoms with van der Waals surface area (Å²) in [5.41, 5.74) is 1.41. The van der Waals surface area contributed by atoms with Crippen LogP contribution in [-0.4, -0.2) is 16.9 Å². The molecule has 1 saturated heterocycles. The Labute approximate surface area is 168 Å². The number of carbonyl (C=O) groups excluding carboxylic acids is 2. The fourth-order valence-electron chi connectivity index (χ4n) is 2.27. The predicted molar refractivity (Wildman–Crippen MR) is 107 cm³/mol. The zero-order valence-corrected chi connectivity index (χ0v) is 16.4. The average Bonchev–Trinajstić information content (AvgIpc) is 2.58. The van der Waals surface area contributed by atoms with Crippen molar-refractivity contribution >= 4 is 62.8 Å². The number of amides is 2. The molecule has 2 N–H and O–H groups in total. The zero-order chi connectivity index (χ0) is 18.7. The second-order valence-electron chi connectivity index (χ2n) is 5.39. The Morgan fingerprint density at radius 3 is 2.38 bits per heavy atom. The van der Waals surface area contributed by atoms with Gasteiger partial charge in [0.25, 0.3) is 11.8 Å². The summed E-state index contributed by atoms with van der Waals surface area (Å²) in [7, 11) is 0. The van der Waals surface area contributed by atoms with Crippen LogP contribution in [0.5, 0.6) is 5.75 Å². The van der Waals surface area contributed by atoms with Crippen molar-refractivity contribution < 1.29 is 14.3 Å². The maximum atomic E-state index is 12.0. The van der Waals surface area contributed by atoms with Crippen LogP contribution in [-0.2, 0) is 16.2 Å². The molecule has 26 heavy (non-hydrogen) atoms. The van der Waals surface area contributed by atoms with Crippen molar-refractivity contribution in [1.82, 2.24) is 10.6 Å². The SMILES string of the molecule is O=C1NC(=S)NC(=O)C1=Cc1cc(Cl)ccc1OCc1ccc(Br)cc1. The molecule has 8 heteroatoms. The van der Waals surface area contributed by atoms with E-state index in [-0.39, 0.29) is 10.7 Å². The molecule has 1 aliphatic heterocycles. The van der Waals surface area contributed by atoms with Crippen LogP contribution in [0.25, 0.3) is 6.08 Å². The Morgan fingerprint density at radius 2 is 1.73 bits per heavy atom. The molecule has 1 heterocycles. The Balaban J connectivity index is 1.87. The number of halogens is 2. The van der Waals surface area contributed by atoms with E-state index in [4.69, 9.17) is 28.6 Å². The summed E-state index contributed by atoms with van der Waals surface area (Å²) in [5, 5.41) is 5.22. The van der Waals surface area contributed by atoms with Gasteiger partial charge < -0.3 is 4.74 Å². The summed E-state index contributed by atoms with van der Waals surface area (Å²) < 4.78 is 6.82. The Morgan fingerprint density at radius 1 is 1.08 bits per heavy atom. The molecule has 0 aliphatic carbocycles. The molecule has 3 rings (SSSR count). The van der Waals surface area contributed by atoms with Gasteiger partial charge in [-0.05, 0) is 54.2 Å². The largest absolute Gasteiger partial charge is 0.488 e. The molecule has 5 nitrogen and oxygen atoms in total. The summed E-state index contributed by atoms with van der Waals surface area (Å²) in [6.07, 6.45) is 1.43. The summed E-state index contributed by atoms with van der Waals surface area (Å²) >= 11 is 14.2. The van der Waals surface area contributed by atoms with Gasteiger partial charge in [0, 0.05) is 15.1 Å². The van der Waals surface area contributed by atoms with Crippen molar-refractivity contribution in [2.45, 2.75) is 6.61 Å². The van der Waals surface area contributed by atoms with E-state index in [0.717, 1.165) is 10.0 Å². The molecule has 0 aromatic heterocycles. The van der Waals surface area contributed by atoms with Gasteiger partial charge in [-0.1, -0.05) is 39.7 Å². The first-order valence-corrected chi connectivity index (χ1v) is 9.05. The standard InChI is InChI=1S/C18H12BrClN2O3S/c19-12-3-1-10(2-4-12)9-25-15-6-5-13(20)7-11(15)8-14-16(23)21-18(26)22-17(14)24/h1-8H,9H2,(H2,21,22,23,24,26). The smallest absolute Gasteiger partial charge is 0.263 e. The van der Waals surface area contributed by atoms with Crippen molar-refractivity contribution in [3.05, 3.63) is 68.7 Å². The van der Waals surface area contributed by atoms with Gasteiger partial charge in [0.2, 0.25) is 0 Å². The molecule has 2 amide bonds. The van der Waals surface area contributed by atoms with Gasteiger partial charge in [0.1, 0.15) is 17.9 Å². The van der Waals surface area contributed by atoms with Crippen LogP contribution in [0.2, 0.25) is 5.02 Å². The molecule has 0 unspecified atom stereocenters. The third-order valence-electron chi connectivity index (χ3n) is 3.52. The fraction of sp³-hybridized carbons (Fsp3) is 0.0556. The van der Waals surface area contributed by atoms with Gasteiger partial charge >= 0.3 is 0 Å². The third kappa shape index (κ3) is 4.49. The number of nitrogens with one attached hydrogen (secondary N) is 2. The van der Waals surface area contributed by atoms with Crippen LogP contribution >= 0.6 is 39.7 Å². The van der Waals surface area contributed by atoms with Crippen molar-refractivity contribution in [3.63, 3.8) is 0 Å². The second-order valence-corrected chi connectivity index (χ2v) is 7.15. The van der Waals surface area contributed by atoms with E-state index in [1.807, 2.05) is 24.3 Å².